The molecule has 98 valence electrons. The van der Waals surface area contributed by atoms with Gasteiger partial charge in [-0.1, -0.05) is 12.2 Å². The van der Waals surface area contributed by atoms with Gasteiger partial charge in [-0.2, -0.15) is 0 Å². The molecule has 0 amide bonds. The van der Waals surface area contributed by atoms with Crippen molar-refractivity contribution >= 4 is 23.0 Å². The fourth-order valence-electron chi connectivity index (χ4n) is 2.42. The number of nitrogens with two attached hydrogens (primary N) is 1. The normalized spacial score (nSPS) is 19.9. The number of thiocarbonyl (C=S) groups is 1. The molecule has 1 fully saturated rings. The smallest absolute Gasteiger partial charge is 0.139 e. The Morgan fingerprint density at radius 3 is 3.00 bits per heavy atom. The summed E-state index contributed by atoms with van der Waals surface area (Å²) in [7, 11) is 0. The van der Waals surface area contributed by atoms with Gasteiger partial charge in [-0.25, -0.2) is 4.98 Å². The Balaban J connectivity index is 2.41. The lowest BCUT2D eigenvalue weighted by Gasteiger charge is -2.36. The predicted molar refractivity (Wildman–Crippen MR) is 76.9 cm³/mol. The van der Waals surface area contributed by atoms with Crippen LogP contribution in [0, 0.1) is 6.92 Å². The van der Waals surface area contributed by atoms with Crippen LogP contribution < -0.4 is 10.6 Å². The van der Waals surface area contributed by atoms with Gasteiger partial charge in [0.05, 0.1) is 18.2 Å². The van der Waals surface area contributed by atoms with E-state index in [2.05, 4.69) is 9.88 Å². The fourth-order valence-corrected chi connectivity index (χ4v) is 2.58. The highest BCUT2D eigenvalue weighted by molar-refractivity contribution is 7.80. The molecular formula is C13H19N3OS. The monoisotopic (exact) mass is 265 g/mol. The highest BCUT2D eigenvalue weighted by Gasteiger charge is 2.25. The van der Waals surface area contributed by atoms with Gasteiger partial charge >= 0.3 is 0 Å². The van der Waals surface area contributed by atoms with E-state index in [1.807, 2.05) is 19.1 Å². The Kier molecular flexibility index (Phi) is 4.14. The minimum atomic E-state index is 0.126. The van der Waals surface area contributed by atoms with Crippen molar-refractivity contribution in [2.75, 3.05) is 18.1 Å². The van der Waals surface area contributed by atoms with E-state index in [-0.39, 0.29) is 12.6 Å². The maximum atomic E-state index is 9.49. The van der Waals surface area contributed by atoms with E-state index in [4.69, 9.17) is 18.0 Å². The lowest BCUT2D eigenvalue weighted by atomic mass is 10.0. The van der Waals surface area contributed by atoms with Crippen molar-refractivity contribution in [2.24, 2.45) is 5.73 Å². The molecular weight excluding hydrogens is 246 g/mol. The molecule has 1 aromatic rings. The van der Waals surface area contributed by atoms with Crippen LogP contribution in [0.4, 0.5) is 5.82 Å². The van der Waals surface area contributed by atoms with E-state index in [0.29, 0.717) is 4.99 Å². The maximum Gasteiger partial charge on any atom is 0.139 e. The molecule has 1 atom stereocenters. The number of aryl methyl sites for hydroxylation is 1. The first-order valence-electron chi connectivity index (χ1n) is 6.28. The molecule has 1 saturated heterocycles. The molecule has 0 aliphatic carbocycles. The first-order chi connectivity index (χ1) is 8.63. The molecule has 0 radical (unpaired) electrons. The summed E-state index contributed by atoms with van der Waals surface area (Å²) in [6.45, 7) is 2.99. The van der Waals surface area contributed by atoms with Gasteiger partial charge in [0.1, 0.15) is 10.8 Å². The summed E-state index contributed by atoms with van der Waals surface area (Å²) in [6, 6.07) is 3.96. The minimum absolute atomic E-state index is 0.126. The van der Waals surface area contributed by atoms with Crippen molar-refractivity contribution in [3.8, 4) is 0 Å². The van der Waals surface area contributed by atoms with E-state index in [1.54, 1.807) is 0 Å². The molecule has 1 aliphatic rings. The van der Waals surface area contributed by atoms with Crippen LogP contribution in [-0.4, -0.2) is 34.3 Å². The van der Waals surface area contributed by atoms with Crippen molar-refractivity contribution < 1.29 is 5.11 Å². The number of nitrogens with zero attached hydrogens (tertiary/aromatic N) is 2. The molecule has 0 spiro atoms. The summed E-state index contributed by atoms with van der Waals surface area (Å²) >= 11 is 5.09. The minimum Gasteiger partial charge on any atom is -0.394 e. The van der Waals surface area contributed by atoms with Crippen LogP contribution in [0.15, 0.2) is 12.1 Å². The topological polar surface area (TPSA) is 62.4 Å². The molecule has 1 unspecified atom stereocenters. The second-order valence-electron chi connectivity index (χ2n) is 4.71. The molecule has 0 saturated carbocycles. The fraction of sp³-hybridized carbons (Fsp3) is 0.538. The third-order valence-electron chi connectivity index (χ3n) is 3.39. The van der Waals surface area contributed by atoms with Crippen molar-refractivity contribution in [2.45, 2.75) is 32.2 Å². The number of aliphatic hydroxyl groups excluding tert-OH is 1. The first kappa shape index (κ1) is 13.2. The molecule has 5 heteroatoms. The third-order valence-corrected chi connectivity index (χ3v) is 3.61. The summed E-state index contributed by atoms with van der Waals surface area (Å²) < 4.78 is 0. The number of anilines is 1. The van der Waals surface area contributed by atoms with Crippen LogP contribution >= 0.6 is 12.2 Å². The predicted octanol–water partition coefficient (Wildman–Crippen LogP) is 1.38. The molecule has 4 nitrogen and oxygen atoms in total. The van der Waals surface area contributed by atoms with E-state index in [0.717, 1.165) is 42.9 Å². The van der Waals surface area contributed by atoms with Gasteiger partial charge in [0.25, 0.3) is 0 Å². The number of hydrogen-bond acceptors (Lipinski definition) is 4. The van der Waals surface area contributed by atoms with Crippen molar-refractivity contribution in [1.29, 1.82) is 0 Å². The Labute approximate surface area is 113 Å². The van der Waals surface area contributed by atoms with Gasteiger partial charge in [0.2, 0.25) is 0 Å². The van der Waals surface area contributed by atoms with Crippen LogP contribution in [0.25, 0.3) is 0 Å². The number of rotatable bonds is 3. The second-order valence-corrected chi connectivity index (χ2v) is 5.15. The molecule has 3 N–H and O–H groups in total. The molecule has 0 aromatic carbocycles. The summed E-state index contributed by atoms with van der Waals surface area (Å²) in [5.41, 5.74) is 7.50. The average molecular weight is 265 g/mol. The van der Waals surface area contributed by atoms with Crippen molar-refractivity contribution in [3.05, 3.63) is 23.4 Å². The Bertz CT molecular complexity index is 450. The van der Waals surface area contributed by atoms with Crippen LogP contribution in [0.5, 0.6) is 0 Å². The third kappa shape index (κ3) is 2.62. The van der Waals surface area contributed by atoms with Gasteiger partial charge in [-0.3, -0.25) is 0 Å². The number of aromatic nitrogens is 1. The number of piperidine rings is 1. The van der Waals surface area contributed by atoms with Gasteiger partial charge in [0.15, 0.2) is 0 Å². The molecule has 18 heavy (non-hydrogen) atoms. The number of pyridine rings is 1. The zero-order chi connectivity index (χ0) is 13.1. The number of hydrogen-bond donors (Lipinski definition) is 2. The summed E-state index contributed by atoms with van der Waals surface area (Å²) in [5.74, 6) is 0.821. The lowest BCUT2D eigenvalue weighted by Crippen LogP contribution is -2.43. The molecule has 0 bridgehead atoms. The Morgan fingerprint density at radius 2 is 2.33 bits per heavy atom. The zero-order valence-electron chi connectivity index (χ0n) is 10.6. The van der Waals surface area contributed by atoms with Gasteiger partial charge in [-0.15, -0.1) is 0 Å². The maximum absolute atomic E-state index is 9.49. The Hall–Kier alpha value is -1.20. The summed E-state index contributed by atoms with van der Waals surface area (Å²) in [6.07, 6.45) is 3.25. The first-order valence-corrected chi connectivity index (χ1v) is 6.69. The lowest BCUT2D eigenvalue weighted by molar-refractivity contribution is 0.239. The largest absolute Gasteiger partial charge is 0.394 e. The summed E-state index contributed by atoms with van der Waals surface area (Å²) in [4.78, 5) is 7.07. The van der Waals surface area contributed by atoms with E-state index in [9.17, 15) is 5.11 Å². The van der Waals surface area contributed by atoms with Crippen molar-refractivity contribution in [1.82, 2.24) is 4.98 Å². The van der Waals surface area contributed by atoms with Crippen LogP contribution in [-0.2, 0) is 0 Å². The van der Waals surface area contributed by atoms with Crippen LogP contribution in [0.1, 0.15) is 30.5 Å². The highest BCUT2D eigenvalue weighted by atomic mass is 32.1. The van der Waals surface area contributed by atoms with Crippen LogP contribution in [0.3, 0.4) is 0 Å². The highest BCUT2D eigenvalue weighted by Crippen LogP contribution is 2.26. The zero-order valence-corrected chi connectivity index (χ0v) is 11.4. The van der Waals surface area contributed by atoms with Crippen molar-refractivity contribution in [3.63, 3.8) is 0 Å². The summed E-state index contributed by atoms with van der Waals surface area (Å²) in [5, 5.41) is 9.49. The molecule has 1 aromatic heterocycles. The van der Waals surface area contributed by atoms with Crippen LogP contribution in [0.2, 0.25) is 0 Å². The average Bonchev–Trinajstić information content (AvgIpc) is 2.38. The molecule has 2 rings (SSSR count). The molecule has 2 heterocycles. The van der Waals surface area contributed by atoms with Gasteiger partial charge in [-0.05, 0) is 38.3 Å². The SMILES string of the molecule is Cc1ccc(C(N)=S)c(N2CCCCC2CO)n1. The van der Waals surface area contributed by atoms with Gasteiger partial charge < -0.3 is 15.7 Å². The van der Waals surface area contributed by atoms with E-state index < -0.39 is 0 Å². The second kappa shape index (κ2) is 5.63. The number of aliphatic hydroxyl groups is 1. The molecule has 1 aliphatic heterocycles. The quantitative estimate of drug-likeness (QED) is 0.808. The van der Waals surface area contributed by atoms with E-state index in [1.165, 1.54) is 0 Å². The van der Waals surface area contributed by atoms with Gasteiger partial charge in [0, 0.05) is 12.2 Å². The Morgan fingerprint density at radius 1 is 1.56 bits per heavy atom. The standard InChI is InChI=1S/C13H19N3OS/c1-9-5-6-11(12(14)18)13(15-9)16-7-3-2-4-10(16)8-17/h5-6,10,17H,2-4,7-8H2,1H3,(H2,14,18). The van der Waals surface area contributed by atoms with E-state index >= 15 is 0 Å².